The Bertz CT molecular complexity index is 483. The molecule has 1 saturated carbocycles. The molecule has 0 radical (unpaired) electrons. The number of aromatic nitrogens is 2. The molecule has 2 heterocycles. The van der Waals surface area contributed by atoms with E-state index in [9.17, 15) is 8.78 Å². The summed E-state index contributed by atoms with van der Waals surface area (Å²) in [5.41, 5.74) is 0. The van der Waals surface area contributed by atoms with Crippen LogP contribution in [-0.2, 0) is 6.42 Å². The number of aryl methyl sites for hydroxylation is 1. The van der Waals surface area contributed by atoms with Crippen molar-refractivity contribution in [3.8, 4) is 0 Å². The first-order chi connectivity index (χ1) is 9.98. The van der Waals surface area contributed by atoms with Gasteiger partial charge in [0.1, 0.15) is 0 Å². The molecule has 0 aromatic carbocycles. The quantitative estimate of drug-likeness (QED) is 0.856. The van der Waals surface area contributed by atoms with Crippen molar-refractivity contribution in [1.82, 2.24) is 15.1 Å². The highest BCUT2D eigenvalue weighted by Gasteiger charge is 2.46. The van der Waals surface area contributed by atoms with Crippen LogP contribution < -0.4 is 0 Å². The average Bonchev–Trinajstić information content (AvgIpc) is 2.87. The van der Waals surface area contributed by atoms with E-state index in [1.165, 1.54) is 0 Å². The molecule has 0 amide bonds. The summed E-state index contributed by atoms with van der Waals surface area (Å²) in [6.07, 6.45) is 2.92. The third-order valence-electron chi connectivity index (χ3n) is 4.89. The monoisotopic (exact) mass is 299 g/mol. The molecule has 1 aromatic heterocycles. The van der Waals surface area contributed by atoms with Crippen molar-refractivity contribution in [2.75, 3.05) is 13.1 Å². The summed E-state index contributed by atoms with van der Waals surface area (Å²) in [6.45, 7) is 5.89. The Balaban J connectivity index is 1.62. The number of rotatable bonds is 4. The minimum absolute atomic E-state index is 0.0431. The first-order valence-electron chi connectivity index (χ1n) is 7.92. The summed E-state index contributed by atoms with van der Waals surface area (Å²) in [4.78, 5) is 2.32. The lowest BCUT2D eigenvalue weighted by atomic mass is 9.79. The van der Waals surface area contributed by atoms with Crippen LogP contribution in [0.5, 0.6) is 0 Å². The summed E-state index contributed by atoms with van der Waals surface area (Å²) in [6, 6.07) is 0.276. The number of alkyl halides is 2. The van der Waals surface area contributed by atoms with Crippen molar-refractivity contribution < 1.29 is 13.2 Å². The molecule has 2 atom stereocenters. The highest BCUT2D eigenvalue weighted by atomic mass is 19.3. The van der Waals surface area contributed by atoms with Gasteiger partial charge in [-0.25, -0.2) is 8.78 Å². The van der Waals surface area contributed by atoms with Gasteiger partial charge in [-0.05, 0) is 32.2 Å². The van der Waals surface area contributed by atoms with Crippen molar-refractivity contribution in [2.24, 2.45) is 5.92 Å². The molecule has 4 nitrogen and oxygen atoms in total. The zero-order valence-electron chi connectivity index (χ0n) is 12.7. The maximum absolute atomic E-state index is 13.0. The van der Waals surface area contributed by atoms with Crippen molar-refractivity contribution >= 4 is 0 Å². The largest absolute Gasteiger partial charge is 0.425 e. The molecule has 1 saturated heterocycles. The third-order valence-corrected chi connectivity index (χ3v) is 4.89. The van der Waals surface area contributed by atoms with Gasteiger partial charge in [-0.2, -0.15) is 0 Å². The van der Waals surface area contributed by atoms with Gasteiger partial charge in [0.05, 0.1) is 5.92 Å². The number of hydrogen-bond acceptors (Lipinski definition) is 4. The van der Waals surface area contributed by atoms with E-state index >= 15 is 0 Å². The lowest BCUT2D eigenvalue weighted by molar-refractivity contribution is -0.119. The van der Waals surface area contributed by atoms with Crippen molar-refractivity contribution in [2.45, 2.75) is 63.8 Å². The second-order valence-corrected chi connectivity index (χ2v) is 6.50. The molecule has 1 aromatic rings. The van der Waals surface area contributed by atoms with Gasteiger partial charge in [-0.15, -0.1) is 10.2 Å². The summed E-state index contributed by atoms with van der Waals surface area (Å²) in [5, 5.41) is 8.21. The molecule has 0 N–H and O–H groups in total. The first-order valence-corrected chi connectivity index (χ1v) is 7.92. The van der Waals surface area contributed by atoms with Crippen LogP contribution in [0.4, 0.5) is 8.78 Å². The van der Waals surface area contributed by atoms with E-state index < -0.39 is 5.92 Å². The second kappa shape index (κ2) is 5.63. The lowest BCUT2D eigenvalue weighted by Gasteiger charge is -2.43. The predicted molar refractivity (Wildman–Crippen MR) is 74.4 cm³/mol. The van der Waals surface area contributed by atoms with Crippen LogP contribution in [0.15, 0.2) is 4.42 Å². The topological polar surface area (TPSA) is 42.2 Å². The number of likely N-dealkylation sites (tertiary alicyclic amines) is 1. The molecule has 118 valence electrons. The number of piperidine rings is 1. The fourth-order valence-corrected chi connectivity index (χ4v) is 3.61. The standard InChI is InChI=1S/C15H23F2N3O/c1-3-13-18-19-14(21-13)12-5-4-6-20(10(12)2)9-11-7-15(16,17)8-11/h10-12H,3-9H2,1-2H3/t10-,12-/m0/s1. The smallest absolute Gasteiger partial charge is 0.248 e. The van der Waals surface area contributed by atoms with E-state index in [2.05, 4.69) is 22.0 Å². The van der Waals surface area contributed by atoms with Gasteiger partial charge >= 0.3 is 0 Å². The lowest BCUT2D eigenvalue weighted by Crippen LogP contribution is -2.49. The minimum Gasteiger partial charge on any atom is -0.425 e. The van der Waals surface area contributed by atoms with Crippen LogP contribution in [0.1, 0.15) is 57.2 Å². The molecular weight excluding hydrogens is 276 g/mol. The number of nitrogens with zero attached hydrogens (tertiary/aromatic N) is 3. The molecule has 21 heavy (non-hydrogen) atoms. The van der Waals surface area contributed by atoms with Crippen LogP contribution in [-0.4, -0.2) is 40.2 Å². The van der Waals surface area contributed by atoms with Crippen LogP contribution in [0.25, 0.3) is 0 Å². The van der Waals surface area contributed by atoms with E-state index in [-0.39, 0.29) is 30.7 Å². The molecule has 1 aliphatic heterocycles. The van der Waals surface area contributed by atoms with E-state index in [0.717, 1.165) is 32.4 Å². The van der Waals surface area contributed by atoms with Crippen molar-refractivity contribution in [1.29, 1.82) is 0 Å². The molecule has 1 aliphatic carbocycles. The fraction of sp³-hybridized carbons (Fsp3) is 0.867. The van der Waals surface area contributed by atoms with Crippen molar-refractivity contribution in [3.63, 3.8) is 0 Å². The summed E-state index contributed by atoms with van der Waals surface area (Å²) >= 11 is 0. The molecule has 6 heteroatoms. The first kappa shape index (κ1) is 14.9. The Morgan fingerprint density at radius 1 is 1.33 bits per heavy atom. The van der Waals surface area contributed by atoms with Crippen molar-refractivity contribution in [3.05, 3.63) is 11.8 Å². The van der Waals surface area contributed by atoms with Gasteiger partial charge in [-0.3, -0.25) is 4.90 Å². The van der Waals surface area contributed by atoms with Crippen LogP contribution in [0.2, 0.25) is 0 Å². The molecule has 2 aliphatic rings. The highest BCUT2D eigenvalue weighted by molar-refractivity contribution is 5.01. The fourth-order valence-electron chi connectivity index (χ4n) is 3.61. The van der Waals surface area contributed by atoms with Gasteiger partial charge in [0.25, 0.3) is 0 Å². The van der Waals surface area contributed by atoms with Gasteiger partial charge in [-0.1, -0.05) is 6.92 Å². The molecular formula is C15H23F2N3O. The number of hydrogen-bond donors (Lipinski definition) is 0. The highest BCUT2D eigenvalue weighted by Crippen LogP contribution is 2.43. The van der Waals surface area contributed by atoms with Crippen LogP contribution >= 0.6 is 0 Å². The summed E-state index contributed by atoms with van der Waals surface area (Å²) < 4.78 is 31.6. The van der Waals surface area contributed by atoms with E-state index in [4.69, 9.17) is 4.42 Å². The van der Waals surface area contributed by atoms with Crippen LogP contribution in [0, 0.1) is 5.92 Å². The molecule has 3 rings (SSSR count). The van der Waals surface area contributed by atoms with E-state index in [1.54, 1.807) is 0 Å². The maximum Gasteiger partial charge on any atom is 0.248 e. The summed E-state index contributed by atoms with van der Waals surface area (Å²) in [7, 11) is 0. The molecule has 2 fully saturated rings. The Morgan fingerprint density at radius 3 is 2.71 bits per heavy atom. The SMILES string of the molecule is CCc1nnc([C@H]2CCCN(CC3CC(F)(F)C3)[C@H]2C)o1. The normalized spacial score (nSPS) is 30.3. The van der Waals surface area contributed by atoms with Gasteiger partial charge in [0.2, 0.25) is 17.7 Å². The van der Waals surface area contributed by atoms with E-state index in [1.807, 2.05) is 6.92 Å². The Kier molecular flexibility index (Phi) is 3.99. The Labute approximate surface area is 123 Å². The van der Waals surface area contributed by atoms with Gasteiger partial charge in [0.15, 0.2) is 0 Å². The second-order valence-electron chi connectivity index (χ2n) is 6.50. The minimum atomic E-state index is -2.42. The van der Waals surface area contributed by atoms with E-state index in [0.29, 0.717) is 11.8 Å². The molecule has 0 spiro atoms. The van der Waals surface area contributed by atoms with Crippen LogP contribution in [0.3, 0.4) is 0 Å². The predicted octanol–water partition coefficient (Wildman–Crippen LogP) is 3.25. The number of halogens is 2. The Morgan fingerprint density at radius 2 is 2.10 bits per heavy atom. The van der Waals surface area contributed by atoms with Gasteiger partial charge in [0, 0.05) is 31.8 Å². The maximum atomic E-state index is 13.0. The zero-order valence-corrected chi connectivity index (χ0v) is 12.7. The summed E-state index contributed by atoms with van der Waals surface area (Å²) in [5.74, 6) is -0.677. The third kappa shape index (κ3) is 3.10. The van der Waals surface area contributed by atoms with Gasteiger partial charge < -0.3 is 4.42 Å². The molecule has 0 unspecified atom stereocenters. The zero-order chi connectivity index (χ0) is 15.0. The Hall–Kier alpha value is -1.04. The molecule has 0 bridgehead atoms. The average molecular weight is 299 g/mol.